The molecule has 0 aromatic carbocycles. The number of halogens is 3. The molecular formula is C7H9F3N4. The first-order chi connectivity index (χ1) is 6.36. The average molecular weight is 206 g/mol. The average Bonchev–Trinajstić information content (AvgIpc) is 2.45. The molecule has 1 aromatic rings. The van der Waals surface area contributed by atoms with Gasteiger partial charge in [-0.2, -0.15) is 18.3 Å². The van der Waals surface area contributed by atoms with E-state index < -0.39 is 17.7 Å². The lowest BCUT2D eigenvalue weighted by Gasteiger charge is -2.01. The van der Waals surface area contributed by atoms with Crippen LogP contribution in [-0.4, -0.2) is 15.6 Å². The van der Waals surface area contributed by atoms with Crippen LogP contribution in [0.2, 0.25) is 0 Å². The Hall–Kier alpha value is -1.53. The number of rotatable bonds is 2. The fourth-order valence-corrected chi connectivity index (χ4v) is 1.01. The van der Waals surface area contributed by atoms with Crippen LogP contribution in [0, 0.1) is 5.41 Å². The zero-order valence-electron chi connectivity index (χ0n) is 7.39. The van der Waals surface area contributed by atoms with Crippen molar-refractivity contribution < 1.29 is 13.2 Å². The second-order valence-electron chi connectivity index (χ2n) is 2.64. The molecule has 0 spiro atoms. The molecule has 0 bridgehead atoms. The minimum absolute atomic E-state index is 0.0141. The highest BCUT2D eigenvalue weighted by atomic mass is 19.4. The number of hydrogen-bond acceptors (Lipinski definition) is 2. The third-order valence-corrected chi connectivity index (χ3v) is 1.65. The molecule has 14 heavy (non-hydrogen) atoms. The van der Waals surface area contributed by atoms with Crippen molar-refractivity contribution in [2.75, 3.05) is 0 Å². The molecule has 0 aliphatic carbocycles. The molecule has 4 nitrogen and oxygen atoms in total. The molecule has 0 unspecified atom stereocenters. The molecule has 0 aliphatic heterocycles. The van der Waals surface area contributed by atoms with Crippen molar-refractivity contribution in [2.24, 2.45) is 5.73 Å². The van der Waals surface area contributed by atoms with Crippen LogP contribution in [0.1, 0.15) is 18.3 Å². The molecule has 0 atom stereocenters. The number of nitrogens with zero attached hydrogens (tertiary/aromatic N) is 2. The van der Waals surface area contributed by atoms with Gasteiger partial charge in [-0.25, -0.2) is 0 Å². The topological polar surface area (TPSA) is 67.7 Å². The SMILES string of the molecule is CCn1nc(C(F)(F)F)cc1C(=N)N. The Bertz CT molecular complexity index is 352. The van der Waals surface area contributed by atoms with Gasteiger partial charge in [0.2, 0.25) is 0 Å². The summed E-state index contributed by atoms with van der Waals surface area (Å²) in [6.45, 7) is 1.87. The first-order valence-corrected chi connectivity index (χ1v) is 3.85. The van der Waals surface area contributed by atoms with Gasteiger partial charge in [-0.15, -0.1) is 0 Å². The molecule has 7 heteroatoms. The molecule has 1 rings (SSSR count). The van der Waals surface area contributed by atoms with Crippen molar-refractivity contribution >= 4 is 5.84 Å². The van der Waals surface area contributed by atoms with Crippen LogP contribution < -0.4 is 5.73 Å². The van der Waals surface area contributed by atoms with Crippen LogP contribution in [0.5, 0.6) is 0 Å². The van der Waals surface area contributed by atoms with E-state index in [0.717, 1.165) is 10.7 Å². The third kappa shape index (κ3) is 1.86. The summed E-state index contributed by atoms with van der Waals surface area (Å²) in [5, 5.41) is 10.3. The van der Waals surface area contributed by atoms with Gasteiger partial charge >= 0.3 is 6.18 Å². The maximum absolute atomic E-state index is 12.2. The van der Waals surface area contributed by atoms with Gasteiger partial charge in [0.25, 0.3) is 0 Å². The Kier molecular flexibility index (Phi) is 2.50. The smallest absolute Gasteiger partial charge is 0.382 e. The van der Waals surface area contributed by atoms with Gasteiger partial charge in [0.05, 0.1) is 0 Å². The molecule has 0 amide bonds. The molecule has 78 valence electrons. The Morgan fingerprint density at radius 2 is 2.21 bits per heavy atom. The van der Waals surface area contributed by atoms with E-state index in [9.17, 15) is 13.2 Å². The van der Waals surface area contributed by atoms with E-state index in [1.165, 1.54) is 0 Å². The van der Waals surface area contributed by atoms with Crippen LogP contribution >= 0.6 is 0 Å². The molecule has 0 fully saturated rings. The standard InChI is InChI=1S/C7H9F3N4/c1-2-14-4(6(11)12)3-5(13-14)7(8,9)10/h3H,2H2,1H3,(H3,11,12). The molecule has 0 radical (unpaired) electrons. The van der Waals surface area contributed by atoms with Gasteiger partial charge in [-0.05, 0) is 13.0 Å². The predicted molar refractivity (Wildman–Crippen MR) is 43.9 cm³/mol. The van der Waals surface area contributed by atoms with Crippen LogP contribution in [0.25, 0.3) is 0 Å². The fraction of sp³-hybridized carbons (Fsp3) is 0.429. The normalized spacial score (nSPS) is 11.7. The number of hydrogen-bond donors (Lipinski definition) is 2. The van der Waals surface area contributed by atoms with Gasteiger partial charge in [0.1, 0.15) is 11.5 Å². The number of aryl methyl sites for hydroxylation is 1. The van der Waals surface area contributed by atoms with Crippen molar-refractivity contribution in [3.63, 3.8) is 0 Å². The summed E-state index contributed by atoms with van der Waals surface area (Å²) in [5.74, 6) is -0.421. The van der Waals surface area contributed by atoms with Crippen LogP contribution in [0.15, 0.2) is 6.07 Å². The summed E-state index contributed by atoms with van der Waals surface area (Å²) in [5.41, 5.74) is 4.06. The number of aromatic nitrogens is 2. The van der Waals surface area contributed by atoms with Gasteiger partial charge in [0.15, 0.2) is 5.69 Å². The second kappa shape index (κ2) is 3.32. The maximum Gasteiger partial charge on any atom is 0.435 e. The summed E-state index contributed by atoms with van der Waals surface area (Å²) in [7, 11) is 0. The number of alkyl halides is 3. The van der Waals surface area contributed by atoms with E-state index in [2.05, 4.69) is 5.10 Å². The van der Waals surface area contributed by atoms with Crippen molar-refractivity contribution in [1.29, 1.82) is 5.41 Å². The summed E-state index contributed by atoms with van der Waals surface area (Å²) >= 11 is 0. The molecule has 1 aromatic heterocycles. The van der Waals surface area contributed by atoms with E-state index in [0.29, 0.717) is 0 Å². The Morgan fingerprint density at radius 3 is 2.50 bits per heavy atom. The van der Waals surface area contributed by atoms with E-state index in [1.807, 2.05) is 0 Å². The lowest BCUT2D eigenvalue weighted by atomic mass is 10.3. The van der Waals surface area contributed by atoms with Crippen molar-refractivity contribution in [3.05, 3.63) is 17.5 Å². The summed E-state index contributed by atoms with van der Waals surface area (Å²) in [6.07, 6.45) is -4.50. The minimum atomic E-state index is -4.50. The summed E-state index contributed by atoms with van der Waals surface area (Å²) in [4.78, 5) is 0. The number of nitrogen functional groups attached to an aromatic ring is 1. The highest BCUT2D eigenvalue weighted by molar-refractivity contribution is 5.93. The van der Waals surface area contributed by atoms with Crippen molar-refractivity contribution in [2.45, 2.75) is 19.6 Å². The van der Waals surface area contributed by atoms with E-state index >= 15 is 0 Å². The van der Waals surface area contributed by atoms with E-state index in [-0.39, 0.29) is 12.2 Å². The second-order valence-corrected chi connectivity index (χ2v) is 2.64. The Labute approximate surface area is 78.0 Å². The van der Waals surface area contributed by atoms with Gasteiger partial charge in [-0.1, -0.05) is 0 Å². The predicted octanol–water partition coefficient (Wildman–Crippen LogP) is 1.21. The number of nitrogens with two attached hydrogens (primary N) is 1. The maximum atomic E-state index is 12.2. The molecular weight excluding hydrogens is 197 g/mol. The monoisotopic (exact) mass is 206 g/mol. The first kappa shape index (κ1) is 10.6. The summed E-state index contributed by atoms with van der Waals surface area (Å²) < 4.78 is 37.6. The van der Waals surface area contributed by atoms with E-state index in [4.69, 9.17) is 11.1 Å². The Balaban J connectivity index is 3.20. The van der Waals surface area contributed by atoms with Crippen LogP contribution in [0.4, 0.5) is 13.2 Å². The molecule has 0 saturated carbocycles. The van der Waals surface area contributed by atoms with Crippen LogP contribution in [-0.2, 0) is 12.7 Å². The lowest BCUT2D eigenvalue weighted by Crippen LogP contribution is -2.17. The highest BCUT2D eigenvalue weighted by Crippen LogP contribution is 2.28. The molecule has 3 N–H and O–H groups in total. The zero-order chi connectivity index (χ0) is 10.9. The third-order valence-electron chi connectivity index (χ3n) is 1.65. The minimum Gasteiger partial charge on any atom is -0.382 e. The summed E-state index contributed by atoms with van der Waals surface area (Å²) in [6, 6.07) is 0.770. The van der Waals surface area contributed by atoms with Gasteiger partial charge < -0.3 is 5.73 Å². The van der Waals surface area contributed by atoms with Gasteiger partial charge in [-0.3, -0.25) is 10.1 Å². The van der Waals surface area contributed by atoms with E-state index in [1.54, 1.807) is 6.92 Å². The highest BCUT2D eigenvalue weighted by Gasteiger charge is 2.35. The van der Waals surface area contributed by atoms with Crippen molar-refractivity contribution in [3.8, 4) is 0 Å². The van der Waals surface area contributed by atoms with Gasteiger partial charge in [0, 0.05) is 6.54 Å². The molecule has 0 aliphatic rings. The quantitative estimate of drug-likeness (QED) is 0.564. The van der Waals surface area contributed by atoms with Crippen LogP contribution in [0.3, 0.4) is 0 Å². The first-order valence-electron chi connectivity index (χ1n) is 3.85. The number of amidine groups is 1. The fourth-order valence-electron chi connectivity index (χ4n) is 1.01. The largest absolute Gasteiger partial charge is 0.435 e. The lowest BCUT2D eigenvalue weighted by molar-refractivity contribution is -0.141. The molecule has 0 saturated heterocycles. The zero-order valence-corrected chi connectivity index (χ0v) is 7.39. The Morgan fingerprint density at radius 1 is 1.64 bits per heavy atom. The van der Waals surface area contributed by atoms with Crippen molar-refractivity contribution in [1.82, 2.24) is 9.78 Å². The molecule has 1 heterocycles. The number of nitrogens with one attached hydrogen (secondary N) is 1.